The quantitative estimate of drug-likeness (QED) is 0.392. The van der Waals surface area contributed by atoms with E-state index in [0.29, 0.717) is 0 Å². The molecule has 10 heavy (non-hydrogen) atoms. The topological polar surface area (TPSA) is 69.9 Å². The van der Waals surface area contributed by atoms with Crippen molar-refractivity contribution in [3.8, 4) is 0 Å². The van der Waals surface area contributed by atoms with Crippen LogP contribution in [0.2, 0.25) is 0 Å². The lowest BCUT2D eigenvalue weighted by atomic mass is 10.1. The van der Waals surface area contributed by atoms with Crippen LogP contribution in [0, 0.1) is 0 Å². The number of aliphatic hydroxyl groups is 3. The van der Waals surface area contributed by atoms with Crippen molar-refractivity contribution in [2.75, 3.05) is 6.61 Å². The van der Waals surface area contributed by atoms with Gasteiger partial charge in [0, 0.05) is 0 Å². The summed E-state index contributed by atoms with van der Waals surface area (Å²) in [6.07, 6.45) is -3.44. The minimum atomic E-state index is -1.20. The molecule has 0 aromatic rings. The molecule has 4 nitrogen and oxygen atoms in total. The van der Waals surface area contributed by atoms with Crippen molar-refractivity contribution in [2.24, 2.45) is 0 Å². The molecule has 60 valence electrons. The summed E-state index contributed by atoms with van der Waals surface area (Å²) in [7, 11) is 0. The second-order valence-corrected chi connectivity index (χ2v) is 2.66. The first-order chi connectivity index (χ1) is 4.63. The van der Waals surface area contributed by atoms with Crippen LogP contribution in [0.25, 0.3) is 0 Å². The Morgan fingerprint density at radius 2 is 1.80 bits per heavy atom. The predicted molar refractivity (Wildman–Crippen MR) is 33.6 cm³/mol. The fraction of sp³-hybridized carbons (Fsp3) is 1.00. The van der Waals surface area contributed by atoms with Gasteiger partial charge in [0.05, 0.1) is 6.61 Å². The van der Waals surface area contributed by atoms with Crippen molar-refractivity contribution in [1.29, 1.82) is 0 Å². The maximum atomic E-state index is 8.95. The first-order valence-electron chi connectivity index (χ1n) is 2.93. The molecule has 1 heterocycles. The second kappa shape index (κ2) is 3.02. The van der Waals surface area contributed by atoms with Gasteiger partial charge in [0.1, 0.15) is 18.3 Å². The normalized spacial score (nSPS) is 49.2. The van der Waals surface area contributed by atoms with Gasteiger partial charge in [-0.2, -0.15) is 0 Å². The lowest BCUT2D eigenvalue weighted by molar-refractivity contribution is -0.163. The molecule has 1 aliphatic rings. The number of aliphatic hydroxyl groups excluding tert-OH is 3. The van der Waals surface area contributed by atoms with Gasteiger partial charge in [-0.15, -0.1) is 0 Å². The molecule has 0 radical (unpaired) electrons. The summed E-state index contributed by atoms with van der Waals surface area (Å²) in [5, 5.41) is 26.8. The van der Waals surface area contributed by atoms with Gasteiger partial charge in [-0.05, 0) is 0 Å². The standard InChI is InChI=1S/C5H9ClO4/c6-5-4(9)3(8)2(7)1-10-5/h2-5,7-9H,1H2/t2-,3-,4+,5?/m0/s1. The van der Waals surface area contributed by atoms with Crippen LogP contribution in [-0.2, 0) is 4.74 Å². The molecule has 1 fully saturated rings. The van der Waals surface area contributed by atoms with E-state index in [4.69, 9.17) is 26.9 Å². The Balaban J connectivity index is 2.52. The van der Waals surface area contributed by atoms with E-state index in [9.17, 15) is 0 Å². The molecular formula is C5H9ClO4. The summed E-state index contributed by atoms with van der Waals surface area (Å²) < 4.78 is 4.68. The molecule has 0 aliphatic carbocycles. The summed E-state index contributed by atoms with van der Waals surface area (Å²) >= 11 is 5.38. The molecule has 1 rings (SSSR count). The van der Waals surface area contributed by atoms with Gasteiger partial charge in [0.2, 0.25) is 0 Å². The average Bonchev–Trinajstić information content (AvgIpc) is 1.93. The van der Waals surface area contributed by atoms with Crippen LogP contribution in [0.15, 0.2) is 0 Å². The van der Waals surface area contributed by atoms with Crippen LogP contribution in [0.4, 0.5) is 0 Å². The molecule has 0 aromatic heterocycles. The van der Waals surface area contributed by atoms with Gasteiger partial charge in [-0.1, -0.05) is 11.6 Å². The van der Waals surface area contributed by atoms with Gasteiger partial charge in [-0.25, -0.2) is 0 Å². The highest BCUT2D eigenvalue weighted by Crippen LogP contribution is 2.17. The maximum absolute atomic E-state index is 8.95. The molecule has 3 N–H and O–H groups in total. The van der Waals surface area contributed by atoms with Gasteiger partial charge in [0.25, 0.3) is 0 Å². The van der Waals surface area contributed by atoms with Crippen molar-refractivity contribution in [1.82, 2.24) is 0 Å². The molecular weight excluding hydrogens is 160 g/mol. The van der Waals surface area contributed by atoms with E-state index in [-0.39, 0.29) is 6.61 Å². The van der Waals surface area contributed by atoms with Crippen LogP contribution >= 0.6 is 11.6 Å². The Labute approximate surface area is 63.0 Å². The number of rotatable bonds is 0. The highest BCUT2D eigenvalue weighted by molar-refractivity contribution is 6.20. The lowest BCUT2D eigenvalue weighted by Gasteiger charge is -2.31. The van der Waals surface area contributed by atoms with Crippen molar-refractivity contribution in [3.05, 3.63) is 0 Å². The van der Waals surface area contributed by atoms with E-state index in [1.807, 2.05) is 0 Å². The molecule has 0 spiro atoms. The molecule has 1 saturated heterocycles. The summed E-state index contributed by atoms with van der Waals surface area (Å²) in [5.74, 6) is 0. The minimum absolute atomic E-state index is 0.0353. The van der Waals surface area contributed by atoms with E-state index in [2.05, 4.69) is 4.74 Å². The Bertz CT molecular complexity index is 106. The highest BCUT2D eigenvalue weighted by Gasteiger charge is 2.36. The third-order valence-electron chi connectivity index (χ3n) is 1.44. The molecule has 0 amide bonds. The van der Waals surface area contributed by atoms with E-state index < -0.39 is 23.9 Å². The monoisotopic (exact) mass is 168 g/mol. The number of hydrogen-bond donors (Lipinski definition) is 3. The fourth-order valence-electron chi connectivity index (χ4n) is 0.770. The Morgan fingerprint density at radius 3 is 2.30 bits per heavy atom. The molecule has 0 saturated carbocycles. The van der Waals surface area contributed by atoms with Crippen LogP contribution in [0.5, 0.6) is 0 Å². The average molecular weight is 169 g/mol. The van der Waals surface area contributed by atoms with Gasteiger partial charge < -0.3 is 20.1 Å². The Kier molecular flexibility index (Phi) is 2.49. The second-order valence-electron chi connectivity index (χ2n) is 2.23. The summed E-state index contributed by atoms with van der Waals surface area (Å²) in [6.45, 7) is -0.0353. The zero-order valence-electron chi connectivity index (χ0n) is 5.14. The number of ether oxygens (including phenoxy) is 1. The van der Waals surface area contributed by atoms with E-state index >= 15 is 0 Å². The van der Waals surface area contributed by atoms with Crippen LogP contribution in [0.3, 0.4) is 0 Å². The van der Waals surface area contributed by atoms with E-state index in [1.54, 1.807) is 0 Å². The van der Waals surface area contributed by atoms with Gasteiger partial charge in [-0.3, -0.25) is 0 Å². The summed E-state index contributed by atoms with van der Waals surface area (Å²) in [5.41, 5.74) is -0.918. The third-order valence-corrected chi connectivity index (χ3v) is 1.82. The SMILES string of the molecule is O[C@H]1[C@@H](O)COC(Cl)[C@@H]1O. The van der Waals surface area contributed by atoms with E-state index in [1.165, 1.54) is 0 Å². The molecule has 4 atom stereocenters. The third kappa shape index (κ3) is 1.41. The summed E-state index contributed by atoms with van der Waals surface area (Å²) in [6, 6.07) is 0. The zero-order valence-corrected chi connectivity index (χ0v) is 5.90. The Morgan fingerprint density at radius 1 is 1.20 bits per heavy atom. The first kappa shape index (κ1) is 8.23. The van der Waals surface area contributed by atoms with E-state index in [0.717, 1.165) is 0 Å². The van der Waals surface area contributed by atoms with Crippen molar-refractivity contribution in [2.45, 2.75) is 23.9 Å². The fourth-order valence-corrected chi connectivity index (χ4v) is 0.992. The maximum Gasteiger partial charge on any atom is 0.159 e. The van der Waals surface area contributed by atoms with Crippen LogP contribution in [-0.4, -0.2) is 45.8 Å². The molecule has 0 bridgehead atoms. The lowest BCUT2D eigenvalue weighted by Crippen LogP contribution is -2.50. The highest BCUT2D eigenvalue weighted by atomic mass is 35.5. The molecule has 1 unspecified atom stereocenters. The van der Waals surface area contributed by atoms with Gasteiger partial charge >= 0.3 is 0 Å². The van der Waals surface area contributed by atoms with Crippen LogP contribution < -0.4 is 0 Å². The predicted octanol–water partition coefficient (Wildman–Crippen LogP) is -1.34. The van der Waals surface area contributed by atoms with Crippen molar-refractivity contribution >= 4 is 11.6 Å². The number of hydrogen-bond acceptors (Lipinski definition) is 4. The Hall–Kier alpha value is 0.130. The summed E-state index contributed by atoms with van der Waals surface area (Å²) in [4.78, 5) is 0. The largest absolute Gasteiger partial charge is 0.388 e. The first-order valence-corrected chi connectivity index (χ1v) is 3.36. The van der Waals surface area contributed by atoms with Crippen molar-refractivity contribution in [3.63, 3.8) is 0 Å². The smallest absolute Gasteiger partial charge is 0.159 e. The van der Waals surface area contributed by atoms with Crippen LogP contribution in [0.1, 0.15) is 0 Å². The van der Waals surface area contributed by atoms with Gasteiger partial charge in [0.15, 0.2) is 5.56 Å². The minimum Gasteiger partial charge on any atom is -0.388 e. The number of alkyl halides is 1. The zero-order chi connectivity index (χ0) is 7.72. The molecule has 5 heteroatoms. The molecule has 0 aromatic carbocycles. The molecule has 1 aliphatic heterocycles. The number of halogens is 1. The van der Waals surface area contributed by atoms with Crippen molar-refractivity contribution < 1.29 is 20.1 Å².